The van der Waals surface area contributed by atoms with Crippen LogP contribution < -0.4 is 10.6 Å². The van der Waals surface area contributed by atoms with Gasteiger partial charge in [0.05, 0.1) is 5.25 Å². The molecule has 1 aromatic heterocycles. The number of benzene rings is 2. The summed E-state index contributed by atoms with van der Waals surface area (Å²) in [6.45, 7) is 8.74. The molecule has 0 bridgehead atoms. The summed E-state index contributed by atoms with van der Waals surface area (Å²) in [5, 5.41) is 6.63. The average molecular weight is 410 g/mol. The van der Waals surface area contributed by atoms with Gasteiger partial charge >= 0.3 is 0 Å². The van der Waals surface area contributed by atoms with Gasteiger partial charge in [-0.25, -0.2) is 0 Å². The van der Waals surface area contributed by atoms with Crippen molar-refractivity contribution in [1.82, 2.24) is 4.57 Å². The Morgan fingerprint density at radius 3 is 2.31 bits per heavy atom. The van der Waals surface area contributed by atoms with E-state index in [9.17, 15) is 9.59 Å². The van der Waals surface area contributed by atoms with E-state index in [-0.39, 0.29) is 17.1 Å². The zero-order valence-electron chi connectivity index (χ0n) is 17.2. The largest absolute Gasteiger partial charge is 0.347 e. The first-order chi connectivity index (χ1) is 13.8. The van der Waals surface area contributed by atoms with E-state index in [4.69, 9.17) is 0 Å². The van der Waals surface area contributed by atoms with Crippen LogP contribution in [0, 0.1) is 5.92 Å². The standard InChI is InChI=1S/C23H27N3O2S/c1-15(2)14-26-12-11-18-13-20(7-10-22(18)26)25-23(28)16(3)29-21-8-5-19(6-9-21)24-17(4)27/h5-13,15-16H,14H2,1-4H3,(H,24,27)(H,25,28). The van der Waals surface area contributed by atoms with E-state index in [1.54, 1.807) is 0 Å². The first-order valence-corrected chi connectivity index (χ1v) is 10.6. The van der Waals surface area contributed by atoms with E-state index < -0.39 is 0 Å². The molecule has 152 valence electrons. The molecule has 0 spiro atoms. The Morgan fingerprint density at radius 1 is 0.966 bits per heavy atom. The first kappa shape index (κ1) is 21.0. The van der Waals surface area contributed by atoms with Crippen molar-refractivity contribution in [1.29, 1.82) is 0 Å². The normalized spacial score (nSPS) is 12.2. The zero-order valence-corrected chi connectivity index (χ0v) is 18.0. The Hall–Kier alpha value is -2.73. The highest BCUT2D eigenvalue weighted by atomic mass is 32.2. The van der Waals surface area contributed by atoms with Gasteiger partial charge in [-0.15, -0.1) is 11.8 Å². The monoisotopic (exact) mass is 409 g/mol. The quantitative estimate of drug-likeness (QED) is 0.515. The summed E-state index contributed by atoms with van der Waals surface area (Å²) in [7, 11) is 0. The third kappa shape index (κ3) is 5.64. The number of anilines is 2. The van der Waals surface area contributed by atoms with Gasteiger partial charge in [-0.3, -0.25) is 9.59 Å². The van der Waals surface area contributed by atoms with Crippen molar-refractivity contribution in [3.63, 3.8) is 0 Å². The van der Waals surface area contributed by atoms with E-state index in [0.717, 1.165) is 28.2 Å². The molecular formula is C23H27N3O2S. The Labute approximate surface area is 175 Å². The summed E-state index contributed by atoms with van der Waals surface area (Å²) in [4.78, 5) is 24.7. The summed E-state index contributed by atoms with van der Waals surface area (Å²) in [5.41, 5.74) is 2.73. The molecule has 2 aromatic carbocycles. The molecule has 2 amide bonds. The number of nitrogens with one attached hydrogen (secondary N) is 2. The fourth-order valence-electron chi connectivity index (χ4n) is 3.15. The van der Waals surface area contributed by atoms with Crippen LogP contribution in [0.4, 0.5) is 11.4 Å². The molecule has 0 saturated heterocycles. The minimum absolute atomic E-state index is 0.0399. The maximum absolute atomic E-state index is 12.6. The molecule has 2 N–H and O–H groups in total. The summed E-state index contributed by atoms with van der Waals surface area (Å²) in [5.74, 6) is 0.437. The van der Waals surface area contributed by atoms with Gasteiger partial charge in [-0.1, -0.05) is 13.8 Å². The molecule has 0 aliphatic rings. The molecule has 0 saturated carbocycles. The molecule has 0 fully saturated rings. The average Bonchev–Trinajstić information content (AvgIpc) is 3.04. The van der Waals surface area contributed by atoms with Gasteiger partial charge in [0.1, 0.15) is 0 Å². The van der Waals surface area contributed by atoms with Crippen molar-refractivity contribution in [3.8, 4) is 0 Å². The van der Waals surface area contributed by atoms with Crippen LogP contribution in [-0.4, -0.2) is 21.6 Å². The van der Waals surface area contributed by atoms with E-state index in [1.807, 2.05) is 43.3 Å². The summed E-state index contributed by atoms with van der Waals surface area (Å²) < 4.78 is 2.24. The Morgan fingerprint density at radius 2 is 1.66 bits per heavy atom. The lowest BCUT2D eigenvalue weighted by Gasteiger charge is -2.13. The number of thioether (sulfide) groups is 1. The Kier molecular flexibility index (Phi) is 6.64. The van der Waals surface area contributed by atoms with Crippen molar-refractivity contribution in [3.05, 3.63) is 54.7 Å². The molecule has 1 heterocycles. The van der Waals surface area contributed by atoms with E-state index in [1.165, 1.54) is 24.2 Å². The van der Waals surface area contributed by atoms with Crippen LogP contribution in [0.2, 0.25) is 0 Å². The van der Waals surface area contributed by atoms with Crippen LogP contribution >= 0.6 is 11.8 Å². The molecule has 29 heavy (non-hydrogen) atoms. The van der Waals surface area contributed by atoms with E-state index in [0.29, 0.717) is 5.92 Å². The number of fused-ring (bicyclic) bond motifs is 1. The Bertz CT molecular complexity index is 1010. The number of carbonyl (C=O) groups excluding carboxylic acids is 2. The molecule has 5 nitrogen and oxygen atoms in total. The van der Waals surface area contributed by atoms with Crippen LogP contribution in [0.15, 0.2) is 59.6 Å². The maximum atomic E-state index is 12.6. The molecule has 1 unspecified atom stereocenters. The molecule has 0 radical (unpaired) electrons. The molecule has 0 aliphatic heterocycles. The van der Waals surface area contributed by atoms with Gasteiger partial charge < -0.3 is 15.2 Å². The number of aromatic nitrogens is 1. The molecule has 1 atom stereocenters. The zero-order chi connectivity index (χ0) is 21.0. The van der Waals surface area contributed by atoms with Crippen LogP contribution in [0.5, 0.6) is 0 Å². The minimum Gasteiger partial charge on any atom is -0.347 e. The highest BCUT2D eigenvalue weighted by Gasteiger charge is 2.15. The predicted octanol–water partition coefficient (Wildman–Crippen LogP) is 5.38. The second-order valence-electron chi connectivity index (χ2n) is 7.59. The molecule has 3 aromatic rings. The van der Waals surface area contributed by atoms with Crippen LogP contribution in [0.25, 0.3) is 10.9 Å². The van der Waals surface area contributed by atoms with Gasteiger partial charge in [0.2, 0.25) is 11.8 Å². The third-order valence-electron chi connectivity index (χ3n) is 4.46. The predicted molar refractivity (Wildman–Crippen MR) is 121 cm³/mol. The highest BCUT2D eigenvalue weighted by Crippen LogP contribution is 2.27. The summed E-state index contributed by atoms with van der Waals surface area (Å²) >= 11 is 1.48. The topological polar surface area (TPSA) is 63.1 Å². The Balaban J connectivity index is 1.62. The maximum Gasteiger partial charge on any atom is 0.237 e. The lowest BCUT2D eigenvalue weighted by molar-refractivity contribution is -0.115. The number of carbonyl (C=O) groups is 2. The minimum atomic E-state index is -0.247. The van der Waals surface area contributed by atoms with Crippen molar-refractivity contribution in [2.45, 2.75) is 44.4 Å². The van der Waals surface area contributed by atoms with Crippen LogP contribution in [0.3, 0.4) is 0 Å². The first-order valence-electron chi connectivity index (χ1n) is 9.76. The fourth-order valence-corrected chi connectivity index (χ4v) is 4.02. The molecule has 0 aliphatic carbocycles. The van der Waals surface area contributed by atoms with Gasteiger partial charge in [0.25, 0.3) is 0 Å². The lowest BCUT2D eigenvalue weighted by atomic mass is 10.2. The number of rotatable bonds is 7. The van der Waals surface area contributed by atoms with Crippen molar-refractivity contribution < 1.29 is 9.59 Å². The summed E-state index contributed by atoms with van der Waals surface area (Å²) in [6, 6.07) is 15.6. The van der Waals surface area contributed by atoms with Gasteiger partial charge in [0.15, 0.2) is 0 Å². The van der Waals surface area contributed by atoms with Crippen molar-refractivity contribution in [2.75, 3.05) is 10.6 Å². The van der Waals surface area contributed by atoms with Gasteiger partial charge in [0, 0.05) is 46.8 Å². The van der Waals surface area contributed by atoms with E-state index >= 15 is 0 Å². The number of hydrogen-bond donors (Lipinski definition) is 2. The van der Waals surface area contributed by atoms with Crippen molar-refractivity contribution in [2.24, 2.45) is 5.92 Å². The van der Waals surface area contributed by atoms with Crippen LogP contribution in [0.1, 0.15) is 27.7 Å². The lowest BCUT2D eigenvalue weighted by Crippen LogP contribution is -2.22. The van der Waals surface area contributed by atoms with Crippen molar-refractivity contribution >= 4 is 45.9 Å². The smallest absolute Gasteiger partial charge is 0.237 e. The second kappa shape index (κ2) is 9.18. The third-order valence-corrected chi connectivity index (χ3v) is 5.57. The molecular weight excluding hydrogens is 382 g/mol. The van der Waals surface area contributed by atoms with Gasteiger partial charge in [-0.05, 0) is 61.4 Å². The second-order valence-corrected chi connectivity index (χ2v) is 9.00. The SMILES string of the molecule is CC(=O)Nc1ccc(SC(C)C(=O)Nc2ccc3c(ccn3CC(C)C)c2)cc1. The number of amides is 2. The number of nitrogens with zero attached hydrogens (tertiary/aromatic N) is 1. The fraction of sp³-hybridized carbons (Fsp3) is 0.304. The van der Waals surface area contributed by atoms with E-state index in [2.05, 4.69) is 47.4 Å². The summed E-state index contributed by atoms with van der Waals surface area (Å²) in [6.07, 6.45) is 2.10. The molecule has 6 heteroatoms. The molecule has 3 rings (SSSR count). The highest BCUT2D eigenvalue weighted by molar-refractivity contribution is 8.00. The van der Waals surface area contributed by atoms with Gasteiger partial charge in [-0.2, -0.15) is 0 Å². The number of hydrogen-bond acceptors (Lipinski definition) is 3. The van der Waals surface area contributed by atoms with Crippen LogP contribution in [-0.2, 0) is 16.1 Å².